The van der Waals surface area contributed by atoms with Gasteiger partial charge in [0.25, 0.3) is 10.0 Å². The van der Waals surface area contributed by atoms with Crippen molar-refractivity contribution in [3.05, 3.63) is 40.9 Å². The number of nitrogens with one attached hydrogen (secondary N) is 1. The van der Waals surface area contributed by atoms with Gasteiger partial charge in [0, 0.05) is 6.20 Å². The maximum absolute atomic E-state index is 11.1. The summed E-state index contributed by atoms with van der Waals surface area (Å²) in [6.45, 7) is 2.17. The summed E-state index contributed by atoms with van der Waals surface area (Å²) in [4.78, 5) is 3.99. The summed E-state index contributed by atoms with van der Waals surface area (Å²) in [5.74, 6) is 0.432. The van der Waals surface area contributed by atoms with Crippen LogP contribution in [0, 0.1) is 6.92 Å². The van der Waals surface area contributed by atoms with Crippen LogP contribution in [0.25, 0.3) is 0 Å². The molecule has 0 atom stereocenters. The average molecular weight is 302 g/mol. The second kappa shape index (κ2) is 5.20. The molecular formula is C11H12ClN3O3S. The number of halogens is 1. The molecule has 0 amide bonds. The van der Waals surface area contributed by atoms with Crippen LogP contribution >= 0.6 is 11.6 Å². The van der Waals surface area contributed by atoms with Gasteiger partial charge in [0.2, 0.25) is 5.09 Å². The number of aromatic nitrogens is 1. The summed E-state index contributed by atoms with van der Waals surface area (Å²) < 4.78 is 27.2. The fourth-order valence-corrected chi connectivity index (χ4v) is 2.12. The Morgan fingerprint density at radius 3 is 2.84 bits per heavy atom. The van der Waals surface area contributed by atoms with E-state index < -0.39 is 10.0 Å². The van der Waals surface area contributed by atoms with Gasteiger partial charge in [-0.15, -0.1) is 0 Å². The molecule has 0 spiro atoms. The summed E-state index contributed by atoms with van der Waals surface area (Å²) in [6, 6.07) is 4.67. The molecule has 2 aromatic heterocycles. The van der Waals surface area contributed by atoms with Gasteiger partial charge in [0.05, 0.1) is 12.2 Å². The van der Waals surface area contributed by atoms with Crippen LogP contribution in [-0.2, 0) is 16.6 Å². The Hall–Kier alpha value is -1.57. The number of nitrogens with zero attached hydrogens (tertiary/aromatic N) is 1. The minimum absolute atomic E-state index is 0.266. The first-order chi connectivity index (χ1) is 8.86. The number of primary sulfonamides is 1. The van der Waals surface area contributed by atoms with E-state index in [2.05, 4.69) is 10.3 Å². The van der Waals surface area contributed by atoms with Crippen molar-refractivity contribution in [2.45, 2.75) is 18.6 Å². The summed E-state index contributed by atoms with van der Waals surface area (Å²) in [5, 5.41) is 8.03. The van der Waals surface area contributed by atoms with Crippen LogP contribution < -0.4 is 10.5 Å². The molecule has 0 fully saturated rings. The molecule has 0 aliphatic heterocycles. The molecule has 8 heteroatoms. The third kappa shape index (κ3) is 3.46. The highest BCUT2D eigenvalue weighted by Crippen LogP contribution is 2.21. The van der Waals surface area contributed by atoms with Crippen LogP contribution in [0.1, 0.15) is 11.3 Å². The van der Waals surface area contributed by atoms with Crippen molar-refractivity contribution in [1.29, 1.82) is 0 Å². The zero-order chi connectivity index (χ0) is 14.0. The predicted octanol–water partition coefficient (Wildman–Crippen LogP) is 1.90. The SMILES string of the molecule is Cc1cnc(Cl)c(NCc2ccc(S(N)(=O)=O)o2)c1. The lowest BCUT2D eigenvalue weighted by Gasteiger charge is -2.06. The van der Waals surface area contributed by atoms with E-state index in [0.29, 0.717) is 16.6 Å². The largest absolute Gasteiger partial charge is 0.446 e. The number of hydrogen-bond acceptors (Lipinski definition) is 5. The fraction of sp³-hybridized carbons (Fsp3) is 0.182. The molecule has 0 saturated heterocycles. The van der Waals surface area contributed by atoms with Gasteiger partial charge in [0.1, 0.15) is 5.76 Å². The van der Waals surface area contributed by atoms with Gasteiger partial charge in [-0.05, 0) is 30.7 Å². The van der Waals surface area contributed by atoms with E-state index in [1.54, 1.807) is 6.20 Å². The highest BCUT2D eigenvalue weighted by atomic mass is 35.5. The summed E-state index contributed by atoms with van der Waals surface area (Å²) in [6.07, 6.45) is 1.65. The smallest absolute Gasteiger partial charge is 0.271 e. The molecule has 0 aliphatic rings. The Morgan fingerprint density at radius 2 is 2.21 bits per heavy atom. The Balaban J connectivity index is 2.11. The molecule has 0 unspecified atom stereocenters. The lowest BCUT2D eigenvalue weighted by molar-refractivity contribution is 0.419. The molecule has 0 saturated carbocycles. The van der Waals surface area contributed by atoms with Crippen molar-refractivity contribution >= 4 is 27.3 Å². The van der Waals surface area contributed by atoms with Crippen LogP contribution in [0.15, 0.2) is 33.9 Å². The van der Waals surface area contributed by atoms with Gasteiger partial charge in [0.15, 0.2) is 5.15 Å². The highest BCUT2D eigenvalue weighted by Gasteiger charge is 2.13. The first-order valence-electron chi connectivity index (χ1n) is 5.34. The number of nitrogens with two attached hydrogens (primary N) is 1. The topological polar surface area (TPSA) is 98.2 Å². The molecule has 2 rings (SSSR count). The molecular weight excluding hydrogens is 290 g/mol. The molecule has 0 radical (unpaired) electrons. The molecule has 2 aromatic rings. The quantitative estimate of drug-likeness (QED) is 0.840. The Kier molecular flexibility index (Phi) is 3.79. The number of anilines is 1. The van der Waals surface area contributed by atoms with E-state index in [-0.39, 0.29) is 11.6 Å². The van der Waals surface area contributed by atoms with E-state index >= 15 is 0 Å². The van der Waals surface area contributed by atoms with E-state index in [4.69, 9.17) is 21.2 Å². The van der Waals surface area contributed by atoms with Crippen LogP contribution in [-0.4, -0.2) is 13.4 Å². The Bertz CT molecular complexity index is 697. The maximum Gasteiger partial charge on any atom is 0.271 e. The Morgan fingerprint density at radius 1 is 1.47 bits per heavy atom. The first kappa shape index (κ1) is 13.9. The van der Waals surface area contributed by atoms with E-state index in [1.165, 1.54) is 12.1 Å². The van der Waals surface area contributed by atoms with Crippen molar-refractivity contribution in [2.24, 2.45) is 5.14 Å². The predicted molar refractivity (Wildman–Crippen MR) is 71.4 cm³/mol. The van der Waals surface area contributed by atoms with Crippen LogP contribution in [0.3, 0.4) is 0 Å². The molecule has 0 aliphatic carbocycles. The Labute approximate surface area is 115 Å². The molecule has 0 aromatic carbocycles. The van der Waals surface area contributed by atoms with Gasteiger partial charge in [-0.25, -0.2) is 18.5 Å². The molecule has 6 nitrogen and oxygen atoms in total. The average Bonchev–Trinajstić information content (AvgIpc) is 2.79. The third-order valence-corrected chi connectivity index (χ3v) is 3.43. The van der Waals surface area contributed by atoms with E-state index in [1.807, 2.05) is 13.0 Å². The number of aryl methyl sites for hydroxylation is 1. The highest BCUT2D eigenvalue weighted by molar-refractivity contribution is 7.89. The minimum atomic E-state index is -3.81. The van der Waals surface area contributed by atoms with Crippen LogP contribution in [0.5, 0.6) is 0 Å². The molecule has 2 heterocycles. The summed E-state index contributed by atoms with van der Waals surface area (Å²) >= 11 is 5.92. The molecule has 0 bridgehead atoms. The number of furan rings is 1. The fourth-order valence-electron chi connectivity index (χ4n) is 1.46. The first-order valence-corrected chi connectivity index (χ1v) is 7.26. The van der Waals surface area contributed by atoms with Crippen molar-refractivity contribution in [3.63, 3.8) is 0 Å². The van der Waals surface area contributed by atoms with Gasteiger partial charge in [-0.2, -0.15) is 0 Å². The summed E-state index contributed by atoms with van der Waals surface area (Å²) in [5.41, 5.74) is 1.60. The number of rotatable bonds is 4. The van der Waals surface area contributed by atoms with Crippen molar-refractivity contribution in [3.8, 4) is 0 Å². The van der Waals surface area contributed by atoms with Gasteiger partial charge >= 0.3 is 0 Å². The monoisotopic (exact) mass is 301 g/mol. The second-order valence-corrected chi connectivity index (χ2v) is 5.82. The third-order valence-electron chi connectivity index (χ3n) is 2.35. The van der Waals surface area contributed by atoms with Gasteiger partial charge in [-0.3, -0.25) is 0 Å². The number of hydrogen-bond donors (Lipinski definition) is 2. The normalized spacial score (nSPS) is 11.5. The summed E-state index contributed by atoms with van der Waals surface area (Å²) in [7, 11) is -3.81. The zero-order valence-corrected chi connectivity index (χ0v) is 11.6. The molecule has 19 heavy (non-hydrogen) atoms. The molecule has 102 valence electrons. The zero-order valence-electron chi connectivity index (χ0n) is 10.1. The minimum Gasteiger partial charge on any atom is -0.446 e. The van der Waals surface area contributed by atoms with E-state index in [0.717, 1.165) is 5.56 Å². The van der Waals surface area contributed by atoms with Crippen LogP contribution in [0.2, 0.25) is 5.15 Å². The lowest BCUT2D eigenvalue weighted by atomic mass is 10.3. The van der Waals surface area contributed by atoms with Crippen molar-refractivity contribution in [2.75, 3.05) is 5.32 Å². The number of pyridine rings is 1. The second-order valence-electron chi connectivity index (χ2n) is 3.97. The van der Waals surface area contributed by atoms with Gasteiger partial charge in [-0.1, -0.05) is 11.6 Å². The van der Waals surface area contributed by atoms with Crippen molar-refractivity contribution < 1.29 is 12.8 Å². The van der Waals surface area contributed by atoms with Crippen molar-refractivity contribution in [1.82, 2.24) is 4.98 Å². The molecule has 3 N–H and O–H groups in total. The van der Waals surface area contributed by atoms with Crippen LogP contribution in [0.4, 0.5) is 5.69 Å². The number of sulfonamides is 1. The maximum atomic E-state index is 11.1. The van der Waals surface area contributed by atoms with E-state index in [9.17, 15) is 8.42 Å². The lowest BCUT2D eigenvalue weighted by Crippen LogP contribution is -2.10. The van der Waals surface area contributed by atoms with Gasteiger partial charge < -0.3 is 9.73 Å². The standard InChI is InChI=1S/C11H12ClN3O3S/c1-7-4-9(11(12)15-5-7)14-6-8-2-3-10(18-8)19(13,16)17/h2-5,14H,6H2,1H3,(H2,13,16,17).